The van der Waals surface area contributed by atoms with Gasteiger partial charge in [-0.25, -0.2) is 10.2 Å². The van der Waals surface area contributed by atoms with Crippen molar-refractivity contribution in [2.75, 3.05) is 13.2 Å². The maximum atomic E-state index is 13.3. The number of aliphatic carboxylic acids is 3. The lowest BCUT2D eigenvalue weighted by Crippen LogP contribution is -2.63. The Bertz CT molecular complexity index is 855. The normalized spacial score (nSPS) is 13.9. The molecule has 0 rings (SSSR count). The van der Waals surface area contributed by atoms with Crippen LogP contribution in [-0.2, 0) is 28.8 Å². The third-order valence-corrected chi connectivity index (χ3v) is 4.88. The lowest BCUT2D eigenvalue weighted by molar-refractivity contribution is -0.159. The van der Waals surface area contributed by atoms with E-state index < -0.39 is 92.1 Å². The van der Waals surface area contributed by atoms with Crippen molar-refractivity contribution >= 4 is 41.6 Å². The van der Waals surface area contributed by atoms with Crippen LogP contribution in [0.1, 0.15) is 38.5 Å². The number of carbonyl (C=O) groups excluding carboxylic acids is 3. The van der Waals surface area contributed by atoms with E-state index in [2.05, 4.69) is 16.1 Å². The average molecular weight is 535 g/mol. The van der Waals surface area contributed by atoms with Gasteiger partial charge in [-0.3, -0.25) is 34.4 Å². The molecule has 0 radical (unpaired) electrons. The summed E-state index contributed by atoms with van der Waals surface area (Å²) in [5.41, 5.74) is 18.1. The minimum Gasteiger partial charge on any atom is -0.481 e. The molecule has 0 aromatic heterocycles. The molecule has 0 aromatic rings. The van der Waals surface area contributed by atoms with Crippen LogP contribution in [0.3, 0.4) is 0 Å². The summed E-state index contributed by atoms with van der Waals surface area (Å²) in [6, 6.07) is -6.62. The number of hydrazine groups is 1. The number of carboxylic acids is 3. The van der Waals surface area contributed by atoms with E-state index in [0.717, 1.165) is 0 Å². The molecule has 0 bridgehead atoms. The van der Waals surface area contributed by atoms with E-state index in [1.165, 1.54) is 0 Å². The highest BCUT2D eigenvalue weighted by molar-refractivity contribution is 5.92. The van der Waals surface area contributed by atoms with Crippen LogP contribution in [-0.4, -0.2) is 104 Å². The highest BCUT2D eigenvalue weighted by atomic mass is 16.4. The van der Waals surface area contributed by atoms with Crippen molar-refractivity contribution in [3.05, 3.63) is 0 Å². The predicted octanol–water partition coefficient (Wildman–Crippen LogP) is -4.58. The first kappa shape index (κ1) is 33.0. The van der Waals surface area contributed by atoms with Crippen molar-refractivity contribution in [1.82, 2.24) is 21.1 Å². The quantitative estimate of drug-likeness (QED) is 0.0321. The maximum Gasteiger partial charge on any atom is 0.328 e. The first-order chi connectivity index (χ1) is 17.2. The Balaban J connectivity index is 5.98. The molecule has 0 saturated heterocycles. The third kappa shape index (κ3) is 13.0. The molecule has 18 heteroatoms. The molecule has 0 aliphatic heterocycles. The van der Waals surface area contributed by atoms with Gasteiger partial charge in [-0.15, -0.1) is 0 Å². The number of aliphatic hydroxyl groups excluding tert-OH is 1. The first-order valence-corrected chi connectivity index (χ1v) is 11.0. The van der Waals surface area contributed by atoms with Gasteiger partial charge in [-0.2, -0.15) is 0 Å². The van der Waals surface area contributed by atoms with Crippen molar-refractivity contribution in [2.24, 2.45) is 17.2 Å². The van der Waals surface area contributed by atoms with Crippen LogP contribution in [0.15, 0.2) is 0 Å². The molecule has 0 aliphatic rings. The van der Waals surface area contributed by atoms with Gasteiger partial charge < -0.3 is 48.3 Å². The highest BCUT2D eigenvalue weighted by Crippen LogP contribution is 2.12. The van der Waals surface area contributed by atoms with E-state index in [9.17, 15) is 44.1 Å². The Morgan fingerprint density at radius 1 is 0.892 bits per heavy atom. The number of aliphatic hydroxyl groups is 1. The number of amides is 3. The number of carbonyl (C=O) groups is 6. The summed E-state index contributed by atoms with van der Waals surface area (Å²) in [6.45, 7) is -0.861. The van der Waals surface area contributed by atoms with Crippen LogP contribution in [0.25, 0.3) is 0 Å². The number of hydrogen-bond donors (Lipinski definition) is 11. The largest absolute Gasteiger partial charge is 0.481 e. The van der Waals surface area contributed by atoms with Gasteiger partial charge in [0.25, 0.3) is 5.91 Å². The summed E-state index contributed by atoms with van der Waals surface area (Å²) in [5.74, 6) is -8.06. The number of carboxylic acid groups (broad SMARTS) is 3. The summed E-state index contributed by atoms with van der Waals surface area (Å²) >= 11 is 0. The van der Waals surface area contributed by atoms with Crippen molar-refractivity contribution in [3.63, 3.8) is 0 Å². The Labute approximate surface area is 211 Å². The molecule has 14 N–H and O–H groups in total. The molecule has 37 heavy (non-hydrogen) atoms. The molecule has 0 fully saturated rings. The number of hydrogen-bond acceptors (Lipinski definition) is 10. The van der Waals surface area contributed by atoms with Gasteiger partial charge in [-0.05, 0) is 25.7 Å². The van der Waals surface area contributed by atoms with Gasteiger partial charge >= 0.3 is 17.9 Å². The van der Waals surface area contributed by atoms with Crippen LogP contribution in [0.4, 0.5) is 0 Å². The molecule has 0 aliphatic carbocycles. The first-order valence-electron chi connectivity index (χ1n) is 11.0. The molecule has 0 spiro atoms. The number of nitrogens with zero attached hydrogens (tertiary/aromatic N) is 1. The summed E-state index contributed by atoms with van der Waals surface area (Å²) in [7, 11) is 0. The topological polar surface area (TPSA) is 325 Å². The second-order valence-electron chi connectivity index (χ2n) is 7.85. The average Bonchev–Trinajstić information content (AvgIpc) is 2.79. The lowest BCUT2D eigenvalue weighted by atomic mass is 10.1. The molecule has 0 saturated carbocycles. The van der Waals surface area contributed by atoms with Gasteiger partial charge in [0.1, 0.15) is 18.1 Å². The summed E-state index contributed by atoms with van der Waals surface area (Å²) < 4.78 is 0. The number of nitrogens with two attached hydrogens (primary N) is 3. The zero-order valence-electron chi connectivity index (χ0n) is 19.9. The van der Waals surface area contributed by atoms with Gasteiger partial charge in [0.2, 0.25) is 11.8 Å². The van der Waals surface area contributed by atoms with Gasteiger partial charge in [0, 0.05) is 19.4 Å². The van der Waals surface area contributed by atoms with E-state index in [1.54, 1.807) is 0 Å². The Morgan fingerprint density at radius 2 is 1.51 bits per heavy atom. The zero-order valence-corrected chi connectivity index (χ0v) is 19.9. The molecular formula is C19H34N8O10. The van der Waals surface area contributed by atoms with Crippen LogP contribution >= 0.6 is 0 Å². The van der Waals surface area contributed by atoms with E-state index in [0.29, 0.717) is 11.4 Å². The van der Waals surface area contributed by atoms with Crippen LogP contribution < -0.4 is 33.3 Å². The standard InChI is InChI=1S/C19H34N8O10/c20-9(2-1-7-24-19(22)23)15(32)25-10(3-6-14(30)31)16(33)27(26-11(8-28)17(34)35)12(18(36)37)4-5-13(21)29/h9-12,26,28H,1-8,20H2,(H2,21,29)(H,25,32)(H,30,31)(H,34,35)(H,36,37)(H4,22,23,24)/t9-,10-,11-,12-/m0/s1. The fraction of sp³-hybridized carbons (Fsp3) is 0.632. The molecule has 0 aromatic carbocycles. The minimum atomic E-state index is -1.89. The molecule has 18 nitrogen and oxygen atoms in total. The summed E-state index contributed by atoms with van der Waals surface area (Å²) in [6.07, 6.45) is -1.91. The van der Waals surface area contributed by atoms with Crippen molar-refractivity contribution in [1.29, 1.82) is 5.41 Å². The number of primary amides is 1. The predicted molar refractivity (Wildman–Crippen MR) is 124 cm³/mol. The molecule has 0 unspecified atom stereocenters. The highest BCUT2D eigenvalue weighted by Gasteiger charge is 2.37. The SMILES string of the molecule is N=C(N)NCCC[C@H](N)C(=O)N[C@@H](CCC(=O)O)C(=O)N(N[C@@H](CO)C(=O)O)[C@@H](CCC(N)=O)C(=O)O. The fourth-order valence-electron chi connectivity index (χ4n) is 2.94. The zero-order chi connectivity index (χ0) is 28.7. The Kier molecular flexibility index (Phi) is 14.8. The van der Waals surface area contributed by atoms with Crippen LogP contribution in [0, 0.1) is 5.41 Å². The molecule has 4 atom stereocenters. The molecule has 0 heterocycles. The third-order valence-electron chi connectivity index (χ3n) is 4.88. The van der Waals surface area contributed by atoms with E-state index >= 15 is 0 Å². The molecule has 3 amide bonds. The molecule has 210 valence electrons. The van der Waals surface area contributed by atoms with Crippen LogP contribution in [0.2, 0.25) is 0 Å². The molecular weight excluding hydrogens is 500 g/mol. The van der Waals surface area contributed by atoms with Gasteiger partial charge in [0.05, 0.1) is 12.6 Å². The number of guanidine groups is 1. The minimum absolute atomic E-state index is 0.0654. The Morgan fingerprint density at radius 3 is 1.97 bits per heavy atom. The number of rotatable bonds is 19. The maximum absolute atomic E-state index is 13.3. The van der Waals surface area contributed by atoms with E-state index in [1.807, 2.05) is 0 Å². The lowest BCUT2D eigenvalue weighted by Gasteiger charge is -2.34. The fourth-order valence-corrected chi connectivity index (χ4v) is 2.94. The van der Waals surface area contributed by atoms with E-state index in [-0.39, 0.29) is 18.9 Å². The van der Waals surface area contributed by atoms with Crippen molar-refractivity contribution < 1.29 is 49.2 Å². The Hall–Kier alpha value is -4.03. The second-order valence-corrected chi connectivity index (χ2v) is 7.85. The van der Waals surface area contributed by atoms with Crippen molar-refractivity contribution in [3.8, 4) is 0 Å². The summed E-state index contributed by atoms with van der Waals surface area (Å²) in [5, 5.41) is 49.4. The summed E-state index contributed by atoms with van der Waals surface area (Å²) in [4.78, 5) is 71.5. The van der Waals surface area contributed by atoms with E-state index in [4.69, 9.17) is 27.7 Å². The van der Waals surface area contributed by atoms with Crippen molar-refractivity contribution in [2.45, 2.75) is 62.7 Å². The monoisotopic (exact) mass is 534 g/mol. The smallest absolute Gasteiger partial charge is 0.328 e. The second kappa shape index (κ2) is 16.6. The van der Waals surface area contributed by atoms with Gasteiger partial charge in [0.15, 0.2) is 5.96 Å². The van der Waals surface area contributed by atoms with Crippen LogP contribution in [0.5, 0.6) is 0 Å². The number of nitrogens with one attached hydrogen (secondary N) is 4. The van der Waals surface area contributed by atoms with Gasteiger partial charge in [-0.1, -0.05) is 0 Å².